The average Bonchev–Trinajstić information content (AvgIpc) is 2.61. The molecular formula is C19H17F3N2O. The van der Waals surface area contributed by atoms with Crippen LogP contribution in [0.5, 0.6) is 0 Å². The first kappa shape index (κ1) is 17.1. The first-order valence-corrected chi connectivity index (χ1v) is 7.91. The second-order valence-corrected chi connectivity index (χ2v) is 5.74. The molecule has 25 heavy (non-hydrogen) atoms. The van der Waals surface area contributed by atoms with E-state index in [9.17, 15) is 18.0 Å². The summed E-state index contributed by atoms with van der Waals surface area (Å²) in [7, 11) is 0. The summed E-state index contributed by atoms with van der Waals surface area (Å²) in [5, 5.41) is 2.88. The second-order valence-electron chi connectivity index (χ2n) is 5.74. The smallest absolute Gasteiger partial charge is 0.327 e. The molecule has 3 rings (SSSR count). The van der Waals surface area contributed by atoms with Gasteiger partial charge in [0, 0.05) is 18.3 Å². The van der Waals surface area contributed by atoms with E-state index in [0.717, 1.165) is 17.7 Å². The minimum absolute atomic E-state index is 0.271. The van der Waals surface area contributed by atoms with Crippen molar-refractivity contribution >= 4 is 11.6 Å². The summed E-state index contributed by atoms with van der Waals surface area (Å²) >= 11 is 0. The van der Waals surface area contributed by atoms with E-state index in [0.29, 0.717) is 17.7 Å². The molecule has 6 heteroatoms. The van der Waals surface area contributed by atoms with Crippen LogP contribution in [-0.4, -0.2) is 17.5 Å². The molecule has 1 aliphatic rings. The van der Waals surface area contributed by atoms with Gasteiger partial charge in [0.05, 0.1) is 11.6 Å². The summed E-state index contributed by atoms with van der Waals surface area (Å²) in [6.07, 6.45) is -2.78. The SMILES string of the molecule is CCN1C=C(c2cccc(C(F)(F)F)c2)C(c2ccccc2)NC1=O. The second kappa shape index (κ2) is 6.63. The summed E-state index contributed by atoms with van der Waals surface area (Å²) in [5.74, 6) is 0. The lowest BCUT2D eigenvalue weighted by Gasteiger charge is -2.32. The van der Waals surface area contributed by atoms with Crippen molar-refractivity contribution in [3.8, 4) is 0 Å². The van der Waals surface area contributed by atoms with E-state index in [1.807, 2.05) is 37.3 Å². The zero-order chi connectivity index (χ0) is 18.0. The molecule has 0 saturated heterocycles. The van der Waals surface area contributed by atoms with Crippen molar-refractivity contribution in [2.75, 3.05) is 6.54 Å². The maximum Gasteiger partial charge on any atom is 0.416 e. The monoisotopic (exact) mass is 346 g/mol. The minimum Gasteiger partial charge on any atom is -0.327 e. The highest BCUT2D eigenvalue weighted by molar-refractivity contribution is 5.86. The van der Waals surface area contributed by atoms with Crippen molar-refractivity contribution in [2.24, 2.45) is 0 Å². The average molecular weight is 346 g/mol. The number of carbonyl (C=O) groups is 1. The lowest BCUT2D eigenvalue weighted by atomic mass is 9.91. The van der Waals surface area contributed by atoms with Crippen LogP contribution in [0.25, 0.3) is 5.57 Å². The standard InChI is InChI=1S/C19H17F3N2O/c1-2-24-12-16(14-9-6-10-15(11-14)19(20,21)22)17(23-18(24)25)13-7-4-3-5-8-13/h3-12,17H,2H2,1H3,(H,23,25). The van der Waals surface area contributed by atoms with Crippen LogP contribution in [-0.2, 0) is 6.18 Å². The summed E-state index contributed by atoms with van der Waals surface area (Å²) in [6.45, 7) is 2.23. The van der Waals surface area contributed by atoms with E-state index in [-0.39, 0.29) is 6.03 Å². The Morgan fingerprint density at radius 3 is 2.44 bits per heavy atom. The van der Waals surface area contributed by atoms with Gasteiger partial charge in [0.1, 0.15) is 0 Å². The van der Waals surface area contributed by atoms with E-state index in [4.69, 9.17) is 0 Å². The van der Waals surface area contributed by atoms with Gasteiger partial charge in [0.25, 0.3) is 0 Å². The molecule has 0 aliphatic carbocycles. The molecule has 2 amide bonds. The van der Waals surface area contributed by atoms with Crippen LogP contribution in [0.2, 0.25) is 0 Å². The number of urea groups is 1. The molecule has 2 aromatic carbocycles. The Kier molecular flexibility index (Phi) is 4.53. The minimum atomic E-state index is -4.42. The van der Waals surface area contributed by atoms with E-state index < -0.39 is 17.8 Å². The normalized spacial score (nSPS) is 17.9. The summed E-state index contributed by atoms with van der Waals surface area (Å²) in [5.41, 5.74) is 1.16. The molecule has 1 atom stereocenters. The molecule has 3 nitrogen and oxygen atoms in total. The number of alkyl halides is 3. The van der Waals surface area contributed by atoms with Gasteiger partial charge in [-0.2, -0.15) is 13.2 Å². The van der Waals surface area contributed by atoms with Crippen LogP contribution in [0.1, 0.15) is 29.7 Å². The van der Waals surface area contributed by atoms with Gasteiger partial charge >= 0.3 is 12.2 Å². The van der Waals surface area contributed by atoms with E-state index >= 15 is 0 Å². The fourth-order valence-corrected chi connectivity index (χ4v) is 2.84. The van der Waals surface area contributed by atoms with Gasteiger partial charge in [-0.3, -0.25) is 0 Å². The Morgan fingerprint density at radius 2 is 1.80 bits per heavy atom. The largest absolute Gasteiger partial charge is 0.416 e. The molecule has 2 aromatic rings. The number of hydrogen-bond donors (Lipinski definition) is 1. The van der Waals surface area contributed by atoms with Gasteiger partial charge < -0.3 is 10.2 Å². The van der Waals surface area contributed by atoms with Crippen LogP contribution in [0, 0.1) is 0 Å². The number of nitrogens with one attached hydrogen (secondary N) is 1. The number of nitrogens with zero attached hydrogens (tertiary/aromatic N) is 1. The topological polar surface area (TPSA) is 32.3 Å². The molecule has 1 unspecified atom stereocenters. The fourth-order valence-electron chi connectivity index (χ4n) is 2.84. The molecule has 1 heterocycles. The molecule has 0 aromatic heterocycles. The maximum atomic E-state index is 13.1. The number of hydrogen-bond acceptors (Lipinski definition) is 1. The van der Waals surface area contributed by atoms with Gasteiger partial charge in [0.2, 0.25) is 0 Å². The van der Waals surface area contributed by atoms with Crippen molar-refractivity contribution < 1.29 is 18.0 Å². The van der Waals surface area contributed by atoms with Crippen molar-refractivity contribution in [1.29, 1.82) is 0 Å². The molecule has 0 spiro atoms. The quantitative estimate of drug-likeness (QED) is 0.848. The zero-order valence-corrected chi connectivity index (χ0v) is 13.5. The molecular weight excluding hydrogens is 329 g/mol. The van der Waals surface area contributed by atoms with Crippen molar-refractivity contribution in [3.05, 3.63) is 77.5 Å². The van der Waals surface area contributed by atoms with E-state index in [1.165, 1.54) is 11.0 Å². The third kappa shape index (κ3) is 3.52. The highest BCUT2D eigenvalue weighted by Gasteiger charge is 2.32. The predicted octanol–water partition coefficient (Wildman–Crippen LogP) is 4.83. The van der Waals surface area contributed by atoms with Crippen LogP contribution >= 0.6 is 0 Å². The van der Waals surface area contributed by atoms with Crippen LogP contribution in [0.15, 0.2) is 60.8 Å². The van der Waals surface area contributed by atoms with Crippen molar-refractivity contribution in [1.82, 2.24) is 10.2 Å². The van der Waals surface area contributed by atoms with Crippen LogP contribution in [0.4, 0.5) is 18.0 Å². The van der Waals surface area contributed by atoms with Gasteiger partial charge in [0.15, 0.2) is 0 Å². The summed E-state index contributed by atoms with van der Waals surface area (Å²) < 4.78 is 39.2. The van der Waals surface area contributed by atoms with E-state index in [1.54, 1.807) is 12.3 Å². The third-order valence-corrected chi connectivity index (χ3v) is 4.13. The molecule has 0 saturated carbocycles. The number of amides is 2. The Bertz CT molecular complexity index is 800. The van der Waals surface area contributed by atoms with Gasteiger partial charge in [-0.15, -0.1) is 0 Å². The molecule has 0 bridgehead atoms. The number of rotatable bonds is 3. The van der Waals surface area contributed by atoms with Crippen molar-refractivity contribution in [2.45, 2.75) is 19.1 Å². The maximum absolute atomic E-state index is 13.1. The fraction of sp³-hybridized carbons (Fsp3) is 0.211. The molecule has 130 valence electrons. The summed E-state index contributed by atoms with van der Waals surface area (Å²) in [4.78, 5) is 13.7. The number of benzene rings is 2. The van der Waals surface area contributed by atoms with E-state index in [2.05, 4.69) is 5.32 Å². The lowest BCUT2D eigenvalue weighted by molar-refractivity contribution is -0.137. The summed E-state index contributed by atoms with van der Waals surface area (Å²) in [6, 6.07) is 13.6. The Morgan fingerprint density at radius 1 is 1.08 bits per heavy atom. The van der Waals surface area contributed by atoms with Crippen molar-refractivity contribution in [3.63, 3.8) is 0 Å². The first-order chi connectivity index (χ1) is 11.9. The number of carbonyl (C=O) groups excluding carboxylic acids is 1. The zero-order valence-electron chi connectivity index (χ0n) is 13.5. The molecule has 1 N–H and O–H groups in total. The third-order valence-electron chi connectivity index (χ3n) is 4.13. The predicted molar refractivity (Wildman–Crippen MR) is 89.5 cm³/mol. The van der Waals surface area contributed by atoms with Crippen LogP contribution < -0.4 is 5.32 Å². The Labute approximate surface area is 143 Å². The Balaban J connectivity index is 2.10. The van der Waals surface area contributed by atoms with Crippen LogP contribution in [0.3, 0.4) is 0 Å². The van der Waals surface area contributed by atoms with Gasteiger partial charge in [-0.05, 0) is 30.2 Å². The molecule has 0 fully saturated rings. The van der Waals surface area contributed by atoms with Gasteiger partial charge in [-0.1, -0.05) is 42.5 Å². The first-order valence-electron chi connectivity index (χ1n) is 7.91. The lowest BCUT2D eigenvalue weighted by Crippen LogP contribution is -2.43. The number of halogens is 3. The molecule has 1 aliphatic heterocycles. The highest BCUT2D eigenvalue weighted by atomic mass is 19.4. The van der Waals surface area contributed by atoms with Gasteiger partial charge in [-0.25, -0.2) is 4.79 Å². The molecule has 0 radical (unpaired) electrons. The Hall–Kier alpha value is -2.76. The highest BCUT2D eigenvalue weighted by Crippen LogP contribution is 2.36.